The van der Waals surface area contributed by atoms with E-state index >= 15 is 0 Å². The van der Waals surface area contributed by atoms with Gasteiger partial charge in [-0.1, -0.05) is 47.7 Å². The van der Waals surface area contributed by atoms with Crippen molar-refractivity contribution >= 4 is 34.5 Å². The zero-order chi connectivity index (χ0) is 21.5. The fraction of sp³-hybridized carbons (Fsp3) is 0.304. The van der Waals surface area contributed by atoms with E-state index in [0.29, 0.717) is 24.3 Å². The molecule has 0 aliphatic carbocycles. The Morgan fingerprint density at radius 1 is 0.903 bits per heavy atom. The Labute approximate surface area is 185 Å². The largest absolute Gasteiger partial charge is 0.368 e. The molecule has 2 amide bonds. The normalized spacial score (nSPS) is 13.8. The van der Waals surface area contributed by atoms with Crippen molar-refractivity contribution in [1.29, 1.82) is 0 Å². The van der Waals surface area contributed by atoms with Gasteiger partial charge in [0.15, 0.2) is 0 Å². The maximum atomic E-state index is 12.6. The molecule has 0 unspecified atom stereocenters. The summed E-state index contributed by atoms with van der Waals surface area (Å²) in [6.07, 6.45) is 1.83. The number of aryl methyl sites for hydroxylation is 1. The third kappa shape index (κ3) is 5.67. The first-order valence-electron chi connectivity index (χ1n) is 10.5. The molecule has 1 fully saturated rings. The molecule has 0 bridgehead atoms. The number of aromatic nitrogens is 2. The van der Waals surface area contributed by atoms with Crippen LogP contribution in [0.25, 0.3) is 0 Å². The molecule has 0 atom stereocenters. The summed E-state index contributed by atoms with van der Waals surface area (Å²) in [5, 5.41) is 12.0. The fourth-order valence-corrected chi connectivity index (χ4v) is 4.33. The number of carbonyl (C=O) groups is 2. The van der Waals surface area contributed by atoms with Gasteiger partial charge in [0.1, 0.15) is 5.01 Å². The number of amides is 2. The molecule has 1 aliphatic rings. The molecule has 0 radical (unpaired) electrons. The number of nitrogens with zero attached hydrogens (tertiary/aromatic N) is 4. The summed E-state index contributed by atoms with van der Waals surface area (Å²) in [7, 11) is 0. The molecule has 2 aromatic carbocycles. The van der Waals surface area contributed by atoms with Gasteiger partial charge in [-0.2, -0.15) is 0 Å². The highest BCUT2D eigenvalue weighted by atomic mass is 32.1. The Morgan fingerprint density at radius 3 is 2.29 bits per heavy atom. The van der Waals surface area contributed by atoms with E-state index in [0.717, 1.165) is 36.9 Å². The molecule has 2 heterocycles. The highest BCUT2D eigenvalue weighted by Crippen LogP contribution is 2.18. The third-order valence-electron chi connectivity index (χ3n) is 5.23. The fourth-order valence-electron chi connectivity index (χ4n) is 3.55. The number of piperazine rings is 1. The van der Waals surface area contributed by atoms with Gasteiger partial charge in [0, 0.05) is 50.4 Å². The summed E-state index contributed by atoms with van der Waals surface area (Å²) in [5.41, 5.74) is 1.93. The van der Waals surface area contributed by atoms with E-state index in [9.17, 15) is 9.59 Å². The van der Waals surface area contributed by atoms with Crippen molar-refractivity contribution in [3.8, 4) is 0 Å². The number of hydrogen-bond acceptors (Lipinski definition) is 6. The quantitative estimate of drug-likeness (QED) is 0.615. The standard InChI is InChI=1S/C23H25N5O2S/c29-21(28-16-14-27(15-17-28)19-10-5-2-6-11-19)13-7-12-20-25-26-23(31-20)22(30)24-18-8-3-1-4-9-18/h1-6,8-11H,7,12-17H2,(H,24,30). The average Bonchev–Trinajstić information content (AvgIpc) is 3.29. The summed E-state index contributed by atoms with van der Waals surface area (Å²) in [5.74, 6) is -0.0819. The SMILES string of the molecule is O=C(Nc1ccccc1)c1nnc(CCCC(=O)N2CCN(c3ccccc3)CC2)s1. The lowest BCUT2D eigenvalue weighted by Crippen LogP contribution is -2.48. The molecule has 31 heavy (non-hydrogen) atoms. The van der Waals surface area contributed by atoms with Gasteiger partial charge < -0.3 is 15.1 Å². The number of anilines is 2. The van der Waals surface area contributed by atoms with Crippen molar-refractivity contribution < 1.29 is 9.59 Å². The predicted octanol–water partition coefficient (Wildman–Crippen LogP) is 3.46. The highest BCUT2D eigenvalue weighted by Gasteiger charge is 2.21. The van der Waals surface area contributed by atoms with Crippen LogP contribution in [0.1, 0.15) is 27.7 Å². The molecule has 7 nitrogen and oxygen atoms in total. The predicted molar refractivity (Wildman–Crippen MR) is 122 cm³/mol. The second-order valence-electron chi connectivity index (χ2n) is 7.38. The molecule has 1 aromatic heterocycles. The van der Waals surface area contributed by atoms with Gasteiger partial charge in [0.25, 0.3) is 5.91 Å². The molecular formula is C23H25N5O2S. The van der Waals surface area contributed by atoms with Crippen LogP contribution in [0.5, 0.6) is 0 Å². The summed E-state index contributed by atoms with van der Waals surface area (Å²) >= 11 is 1.28. The van der Waals surface area contributed by atoms with Gasteiger partial charge in [-0.15, -0.1) is 10.2 Å². The molecule has 1 N–H and O–H groups in total. The Bertz CT molecular complexity index is 1000. The molecule has 4 rings (SSSR count). The second-order valence-corrected chi connectivity index (χ2v) is 8.44. The van der Waals surface area contributed by atoms with Crippen molar-refractivity contribution in [2.45, 2.75) is 19.3 Å². The summed E-state index contributed by atoms with van der Waals surface area (Å²) < 4.78 is 0. The van der Waals surface area contributed by atoms with Crippen LogP contribution >= 0.6 is 11.3 Å². The Morgan fingerprint density at radius 2 is 1.58 bits per heavy atom. The van der Waals surface area contributed by atoms with Crippen LogP contribution in [0, 0.1) is 0 Å². The van der Waals surface area contributed by atoms with E-state index in [1.807, 2.05) is 53.4 Å². The minimum atomic E-state index is -0.262. The second kappa shape index (κ2) is 10.2. The van der Waals surface area contributed by atoms with Crippen molar-refractivity contribution in [3.63, 3.8) is 0 Å². The van der Waals surface area contributed by atoms with E-state index in [1.165, 1.54) is 17.0 Å². The van der Waals surface area contributed by atoms with E-state index < -0.39 is 0 Å². The number of carbonyl (C=O) groups excluding carboxylic acids is 2. The van der Waals surface area contributed by atoms with Crippen LogP contribution < -0.4 is 10.2 Å². The highest BCUT2D eigenvalue weighted by molar-refractivity contribution is 7.13. The van der Waals surface area contributed by atoms with Crippen LogP contribution in [0.15, 0.2) is 60.7 Å². The van der Waals surface area contributed by atoms with Crippen LogP contribution in [0.2, 0.25) is 0 Å². The lowest BCUT2D eigenvalue weighted by Gasteiger charge is -2.36. The molecule has 8 heteroatoms. The molecule has 0 saturated carbocycles. The first kappa shape index (κ1) is 21.0. The Kier molecular flexibility index (Phi) is 6.89. The number of benzene rings is 2. The molecule has 1 aliphatic heterocycles. The Balaban J connectivity index is 1.19. The Hall–Kier alpha value is -3.26. The number of rotatable bonds is 7. The van der Waals surface area contributed by atoms with Crippen LogP contribution in [0.4, 0.5) is 11.4 Å². The van der Waals surface area contributed by atoms with E-state index in [-0.39, 0.29) is 11.8 Å². The van der Waals surface area contributed by atoms with Crippen LogP contribution in [-0.4, -0.2) is 53.1 Å². The molecule has 1 saturated heterocycles. The van der Waals surface area contributed by atoms with Crippen LogP contribution in [0.3, 0.4) is 0 Å². The van der Waals surface area contributed by atoms with Crippen molar-refractivity contribution in [2.75, 3.05) is 36.4 Å². The zero-order valence-corrected chi connectivity index (χ0v) is 18.1. The number of hydrogen-bond donors (Lipinski definition) is 1. The average molecular weight is 436 g/mol. The van der Waals surface area contributed by atoms with Crippen molar-refractivity contribution in [1.82, 2.24) is 15.1 Å². The topological polar surface area (TPSA) is 78.4 Å². The molecule has 0 spiro atoms. The monoisotopic (exact) mass is 435 g/mol. The first-order valence-corrected chi connectivity index (χ1v) is 11.3. The van der Waals surface area contributed by atoms with E-state index in [4.69, 9.17) is 0 Å². The van der Waals surface area contributed by atoms with Gasteiger partial charge in [0.2, 0.25) is 10.9 Å². The maximum absolute atomic E-state index is 12.6. The van der Waals surface area contributed by atoms with Gasteiger partial charge in [0.05, 0.1) is 0 Å². The van der Waals surface area contributed by atoms with E-state index in [2.05, 4.69) is 32.5 Å². The first-order chi connectivity index (χ1) is 15.2. The lowest BCUT2D eigenvalue weighted by molar-refractivity contribution is -0.131. The van der Waals surface area contributed by atoms with E-state index in [1.54, 1.807) is 0 Å². The third-order valence-corrected chi connectivity index (χ3v) is 6.21. The number of para-hydroxylation sites is 2. The number of nitrogens with one attached hydrogen (secondary N) is 1. The summed E-state index contributed by atoms with van der Waals surface area (Å²) in [6.45, 7) is 3.20. The van der Waals surface area contributed by atoms with Gasteiger partial charge in [-0.3, -0.25) is 9.59 Å². The maximum Gasteiger partial charge on any atom is 0.286 e. The van der Waals surface area contributed by atoms with Crippen molar-refractivity contribution in [3.05, 3.63) is 70.7 Å². The van der Waals surface area contributed by atoms with Gasteiger partial charge in [-0.05, 0) is 30.7 Å². The van der Waals surface area contributed by atoms with Gasteiger partial charge >= 0.3 is 0 Å². The molecule has 160 valence electrons. The van der Waals surface area contributed by atoms with Crippen molar-refractivity contribution in [2.24, 2.45) is 0 Å². The molecular weight excluding hydrogens is 410 g/mol. The summed E-state index contributed by atoms with van der Waals surface area (Å²) in [4.78, 5) is 29.1. The molecule has 3 aromatic rings. The zero-order valence-electron chi connectivity index (χ0n) is 17.2. The van der Waals surface area contributed by atoms with Gasteiger partial charge in [-0.25, -0.2) is 0 Å². The summed E-state index contributed by atoms with van der Waals surface area (Å²) in [6, 6.07) is 19.6. The van der Waals surface area contributed by atoms with Crippen LogP contribution in [-0.2, 0) is 11.2 Å². The lowest BCUT2D eigenvalue weighted by atomic mass is 10.2. The smallest absolute Gasteiger partial charge is 0.286 e. The minimum absolute atomic E-state index is 0.180. The minimum Gasteiger partial charge on any atom is -0.368 e.